The van der Waals surface area contributed by atoms with E-state index in [0.717, 1.165) is 5.76 Å². The number of furan rings is 1. The second-order valence-electron chi connectivity index (χ2n) is 5.31. The molecule has 1 aliphatic rings. The van der Waals surface area contributed by atoms with Gasteiger partial charge in [-0.3, -0.25) is 4.90 Å². The van der Waals surface area contributed by atoms with Gasteiger partial charge in [0, 0.05) is 19.6 Å². The van der Waals surface area contributed by atoms with Crippen LogP contribution in [-0.2, 0) is 4.74 Å². The van der Waals surface area contributed by atoms with Crippen molar-refractivity contribution in [1.82, 2.24) is 15.1 Å². The summed E-state index contributed by atoms with van der Waals surface area (Å²) in [7, 11) is 3.94. The van der Waals surface area contributed by atoms with Gasteiger partial charge < -0.3 is 19.4 Å². The average molecular weight is 281 g/mol. The Hall–Kier alpha value is -1.53. The van der Waals surface area contributed by atoms with Gasteiger partial charge in [-0.1, -0.05) is 0 Å². The van der Waals surface area contributed by atoms with E-state index < -0.39 is 0 Å². The lowest BCUT2D eigenvalue weighted by atomic mass is 10.2. The Labute approximate surface area is 119 Å². The Morgan fingerprint density at radius 3 is 3.00 bits per heavy atom. The minimum atomic E-state index is -0.0430. The summed E-state index contributed by atoms with van der Waals surface area (Å²) < 4.78 is 10.9. The third kappa shape index (κ3) is 3.74. The molecule has 0 aromatic carbocycles. The number of ether oxygens (including phenoxy) is 1. The molecule has 2 atom stereocenters. The molecule has 2 amide bonds. The van der Waals surface area contributed by atoms with E-state index in [4.69, 9.17) is 9.15 Å². The summed E-state index contributed by atoms with van der Waals surface area (Å²) in [6.45, 7) is 4.38. The van der Waals surface area contributed by atoms with E-state index in [1.54, 1.807) is 11.2 Å². The van der Waals surface area contributed by atoms with Crippen LogP contribution in [0, 0.1) is 0 Å². The van der Waals surface area contributed by atoms with Crippen molar-refractivity contribution >= 4 is 6.03 Å². The van der Waals surface area contributed by atoms with E-state index in [1.807, 2.05) is 38.1 Å². The van der Waals surface area contributed by atoms with Crippen LogP contribution in [0.3, 0.4) is 0 Å². The van der Waals surface area contributed by atoms with Crippen LogP contribution in [0.4, 0.5) is 4.79 Å². The number of morpholine rings is 1. The molecular weight excluding hydrogens is 258 g/mol. The van der Waals surface area contributed by atoms with Crippen LogP contribution in [0.1, 0.15) is 18.7 Å². The molecule has 2 rings (SSSR count). The minimum absolute atomic E-state index is 0.0346. The Morgan fingerprint density at radius 1 is 1.60 bits per heavy atom. The number of amides is 2. The van der Waals surface area contributed by atoms with Crippen LogP contribution in [0.25, 0.3) is 0 Å². The summed E-state index contributed by atoms with van der Waals surface area (Å²) in [5.41, 5.74) is 0. The number of nitrogens with one attached hydrogen (secondary N) is 1. The number of likely N-dealkylation sites (N-methyl/N-ethyl adjacent to an activating group) is 1. The smallest absolute Gasteiger partial charge is 0.317 e. The van der Waals surface area contributed by atoms with Gasteiger partial charge in [0.15, 0.2) is 0 Å². The Morgan fingerprint density at radius 2 is 2.40 bits per heavy atom. The first-order valence-corrected chi connectivity index (χ1v) is 6.92. The lowest BCUT2D eigenvalue weighted by Crippen LogP contribution is -2.50. The number of carbonyl (C=O) groups is 1. The number of nitrogens with zero attached hydrogens (tertiary/aromatic N) is 2. The van der Waals surface area contributed by atoms with Crippen LogP contribution in [0.15, 0.2) is 22.8 Å². The van der Waals surface area contributed by atoms with Gasteiger partial charge in [-0.2, -0.15) is 0 Å². The van der Waals surface area contributed by atoms with Gasteiger partial charge in [-0.25, -0.2) is 4.79 Å². The van der Waals surface area contributed by atoms with Crippen molar-refractivity contribution in [2.45, 2.75) is 19.1 Å². The van der Waals surface area contributed by atoms with Crippen LogP contribution < -0.4 is 5.32 Å². The maximum atomic E-state index is 12.2. The largest absolute Gasteiger partial charge is 0.468 e. The van der Waals surface area contributed by atoms with Crippen molar-refractivity contribution in [3.05, 3.63) is 24.2 Å². The fourth-order valence-corrected chi connectivity index (χ4v) is 2.32. The van der Waals surface area contributed by atoms with E-state index >= 15 is 0 Å². The number of hydrogen-bond donors (Lipinski definition) is 1. The summed E-state index contributed by atoms with van der Waals surface area (Å²) in [5.74, 6) is 0.852. The zero-order chi connectivity index (χ0) is 14.5. The molecule has 0 spiro atoms. The molecule has 1 saturated heterocycles. The van der Waals surface area contributed by atoms with E-state index in [1.165, 1.54) is 0 Å². The van der Waals surface area contributed by atoms with E-state index in [-0.39, 0.29) is 18.2 Å². The molecule has 2 heterocycles. The highest BCUT2D eigenvalue weighted by molar-refractivity contribution is 5.74. The standard InChI is InChI=1S/C14H23N3O3/c1-11-10-17(6-8-19-11)14(18)15-9-12(16(2)3)13-5-4-7-20-13/h4-5,7,11-12H,6,8-10H2,1-3H3,(H,15,18). The van der Waals surface area contributed by atoms with Crippen LogP contribution in [0.5, 0.6) is 0 Å². The first-order valence-electron chi connectivity index (χ1n) is 6.92. The fourth-order valence-electron chi connectivity index (χ4n) is 2.32. The molecule has 0 saturated carbocycles. The molecule has 112 valence electrons. The molecule has 2 unspecified atom stereocenters. The maximum Gasteiger partial charge on any atom is 0.317 e. The maximum absolute atomic E-state index is 12.2. The lowest BCUT2D eigenvalue weighted by Gasteiger charge is -2.32. The summed E-state index contributed by atoms with van der Waals surface area (Å²) in [5, 5.41) is 2.97. The van der Waals surface area contributed by atoms with Gasteiger partial charge in [0.05, 0.1) is 25.0 Å². The molecule has 1 aliphatic heterocycles. The molecule has 0 bridgehead atoms. The van der Waals surface area contributed by atoms with Crippen molar-refractivity contribution in [2.24, 2.45) is 0 Å². The molecule has 0 radical (unpaired) electrons. The van der Waals surface area contributed by atoms with Gasteiger partial charge in [-0.15, -0.1) is 0 Å². The second-order valence-corrected chi connectivity index (χ2v) is 5.31. The van der Waals surface area contributed by atoms with Crippen LogP contribution >= 0.6 is 0 Å². The topological polar surface area (TPSA) is 58.0 Å². The Kier molecular flexibility index (Phi) is 5.03. The Bertz CT molecular complexity index is 419. The van der Waals surface area contributed by atoms with E-state index in [9.17, 15) is 4.79 Å². The Balaban J connectivity index is 1.87. The third-order valence-electron chi connectivity index (χ3n) is 3.47. The van der Waals surface area contributed by atoms with Crippen molar-refractivity contribution in [1.29, 1.82) is 0 Å². The van der Waals surface area contributed by atoms with Gasteiger partial charge in [-0.05, 0) is 33.2 Å². The second kappa shape index (κ2) is 6.76. The predicted octanol–water partition coefficient (Wildman–Crippen LogP) is 1.31. The lowest BCUT2D eigenvalue weighted by molar-refractivity contribution is -0.00367. The van der Waals surface area contributed by atoms with Crippen LogP contribution in [-0.4, -0.2) is 62.3 Å². The number of urea groups is 1. The molecule has 1 aromatic rings. The summed E-state index contributed by atoms with van der Waals surface area (Å²) in [6.07, 6.45) is 1.75. The highest BCUT2D eigenvalue weighted by Gasteiger charge is 2.23. The van der Waals surface area contributed by atoms with Gasteiger partial charge in [0.2, 0.25) is 0 Å². The molecule has 20 heavy (non-hydrogen) atoms. The molecule has 6 nitrogen and oxygen atoms in total. The van der Waals surface area contributed by atoms with Crippen LogP contribution in [0.2, 0.25) is 0 Å². The van der Waals surface area contributed by atoms with Gasteiger partial charge in [0.25, 0.3) is 0 Å². The third-order valence-corrected chi connectivity index (χ3v) is 3.47. The molecule has 1 N–H and O–H groups in total. The molecular formula is C14H23N3O3. The predicted molar refractivity (Wildman–Crippen MR) is 75.5 cm³/mol. The monoisotopic (exact) mass is 281 g/mol. The molecule has 0 aliphatic carbocycles. The first-order chi connectivity index (χ1) is 9.58. The van der Waals surface area contributed by atoms with Crippen molar-refractivity contribution in [3.8, 4) is 0 Å². The van der Waals surface area contributed by atoms with E-state index in [2.05, 4.69) is 5.32 Å². The van der Waals surface area contributed by atoms with Gasteiger partial charge >= 0.3 is 6.03 Å². The number of rotatable bonds is 4. The highest BCUT2D eigenvalue weighted by atomic mass is 16.5. The van der Waals surface area contributed by atoms with E-state index in [0.29, 0.717) is 26.2 Å². The van der Waals surface area contributed by atoms with Gasteiger partial charge in [0.1, 0.15) is 5.76 Å². The summed E-state index contributed by atoms with van der Waals surface area (Å²) in [6, 6.07) is 3.77. The SMILES string of the molecule is CC1CN(C(=O)NCC(c2ccco2)N(C)C)CCO1. The summed E-state index contributed by atoms with van der Waals surface area (Å²) >= 11 is 0. The zero-order valence-corrected chi connectivity index (χ0v) is 12.3. The molecule has 1 aromatic heterocycles. The zero-order valence-electron chi connectivity index (χ0n) is 12.3. The quantitative estimate of drug-likeness (QED) is 0.904. The number of hydrogen-bond acceptors (Lipinski definition) is 4. The minimum Gasteiger partial charge on any atom is -0.468 e. The fraction of sp³-hybridized carbons (Fsp3) is 0.643. The average Bonchev–Trinajstić information content (AvgIpc) is 2.92. The van der Waals surface area contributed by atoms with Crippen molar-refractivity contribution in [2.75, 3.05) is 40.3 Å². The highest BCUT2D eigenvalue weighted by Crippen LogP contribution is 2.17. The molecule has 6 heteroatoms. The van der Waals surface area contributed by atoms with Crippen molar-refractivity contribution < 1.29 is 13.9 Å². The van der Waals surface area contributed by atoms with Crippen molar-refractivity contribution in [3.63, 3.8) is 0 Å². The summed E-state index contributed by atoms with van der Waals surface area (Å²) in [4.78, 5) is 16.0. The normalized spacial score (nSPS) is 21.0. The first kappa shape index (κ1) is 14.9. The number of carbonyl (C=O) groups excluding carboxylic acids is 1. The molecule has 1 fully saturated rings.